The molecule has 116 valence electrons. The first-order chi connectivity index (χ1) is 9.87. The fraction of sp³-hybridized carbons (Fsp3) is 0.467. The number of hydrogen-bond donors (Lipinski definition) is 3. The van der Waals surface area contributed by atoms with E-state index in [-0.39, 0.29) is 17.1 Å². The van der Waals surface area contributed by atoms with Crippen molar-refractivity contribution in [3.05, 3.63) is 28.2 Å². The van der Waals surface area contributed by atoms with Gasteiger partial charge in [-0.15, -0.1) is 0 Å². The van der Waals surface area contributed by atoms with Gasteiger partial charge in [0.1, 0.15) is 0 Å². The standard InChI is InChI=1S/C15H21BrN2O3/c1-4-15(5-2,6-3)18-14(21)17-10-7-8-12(16)11(9-10)13(19)20/h7-9H,4-6H2,1-3H3,(H,19,20)(H2,17,18,21). The molecule has 1 aromatic rings. The molecule has 5 nitrogen and oxygen atoms in total. The Morgan fingerprint density at radius 2 is 1.76 bits per heavy atom. The third-order valence-corrected chi connectivity index (χ3v) is 4.56. The van der Waals surface area contributed by atoms with Crippen molar-refractivity contribution in [2.75, 3.05) is 5.32 Å². The predicted octanol–water partition coefficient (Wildman–Crippen LogP) is 4.24. The van der Waals surface area contributed by atoms with E-state index >= 15 is 0 Å². The van der Waals surface area contributed by atoms with Crippen LogP contribution in [0, 0.1) is 0 Å². The molecule has 0 unspecified atom stereocenters. The van der Waals surface area contributed by atoms with Crippen molar-refractivity contribution in [2.24, 2.45) is 0 Å². The normalized spacial score (nSPS) is 11.0. The Labute approximate surface area is 133 Å². The number of benzene rings is 1. The molecule has 0 fully saturated rings. The molecular formula is C15H21BrN2O3. The van der Waals surface area contributed by atoms with Gasteiger partial charge in [0.25, 0.3) is 0 Å². The number of hydrogen-bond acceptors (Lipinski definition) is 2. The van der Waals surface area contributed by atoms with Crippen molar-refractivity contribution >= 4 is 33.6 Å². The largest absolute Gasteiger partial charge is 0.478 e. The molecule has 1 aromatic carbocycles. The van der Waals surface area contributed by atoms with Crippen LogP contribution in [-0.4, -0.2) is 22.6 Å². The Kier molecular flexibility index (Phi) is 6.20. The minimum Gasteiger partial charge on any atom is -0.478 e. The molecule has 6 heteroatoms. The minimum absolute atomic E-state index is 0.112. The first-order valence-electron chi connectivity index (χ1n) is 6.99. The molecule has 21 heavy (non-hydrogen) atoms. The van der Waals surface area contributed by atoms with Crippen LogP contribution in [0.4, 0.5) is 10.5 Å². The van der Waals surface area contributed by atoms with E-state index in [1.165, 1.54) is 6.07 Å². The van der Waals surface area contributed by atoms with Crippen LogP contribution >= 0.6 is 15.9 Å². The van der Waals surface area contributed by atoms with Crippen molar-refractivity contribution in [1.29, 1.82) is 0 Å². The molecular weight excluding hydrogens is 336 g/mol. The first kappa shape index (κ1) is 17.5. The van der Waals surface area contributed by atoms with E-state index in [4.69, 9.17) is 5.11 Å². The van der Waals surface area contributed by atoms with E-state index in [2.05, 4.69) is 26.6 Å². The monoisotopic (exact) mass is 356 g/mol. The lowest BCUT2D eigenvalue weighted by Gasteiger charge is -2.31. The third-order valence-electron chi connectivity index (χ3n) is 3.86. The van der Waals surface area contributed by atoms with Gasteiger partial charge in [-0.1, -0.05) is 20.8 Å². The summed E-state index contributed by atoms with van der Waals surface area (Å²) in [5.41, 5.74) is 0.334. The molecule has 0 aliphatic carbocycles. The number of amides is 2. The van der Waals surface area contributed by atoms with Gasteiger partial charge in [0, 0.05) is 15.7 Å². The number of carboxylic acids is 1. The number of urea groups is 1. The molecule has 0 radical (unpaired) electrons. The van der Waals surface area contributed by atoms with Crippen LogP contribution in [0.25, 0.3) is 0 Å². The average molecular weight is 357 g/mol. The molecule has 0 saturated heterocycles. The maximum Gasteiger partial charge on any atom is 0.336 e. The summed E-state index contributed by atoms with van der Waals surface area (Å²) in [6.07, 6.45) is 2.52. The molecule has 0 atom stereocenters. The van der Waals surface area contributed by atoms with Gasteiger partial charge in [0.15, 0.2) is 0 Å². The second kappa shape index (κ2) is 7.45. The molecule has 0 spiro atoms. The maximum atomic E-state index is 12.1. The SMILES string of the molecule is CCC(CC)(CC)NC(=O)Nc1ccc(Br)c(C(=O)O)c1. The Morgan fingerprint density at radius 3 is 2.24 bits per heavy atom. The summed E-state index contributed by atoms with van der Waals surface area (Å²) in [6.45, 7) is 6.11. The van der Waals surface area contributed by atoms with E-state index < -0.39 is 5.97 Å². The molecule has 0 heterocycles. The van der Waals surface area contributed by atoms with Crippen molar-refractivity contribution in [3.8, 4) is 0 Å². The fourth-order valence-corrected chi connectivity index (χ4v) is 2.60. The second-order valence-electron chi connectivity index (χ2n) is 4.92. The van der Waals surface area contributed by atoms with Crippen molar-refractivity contribution in [2.45, 2.75) is 45.6 Å². The highest BCUT2D eigenvalue weighted by molar-refractivity contribution is 9.10. The average Bonchev–Trinajstić information content (AvgIpc) is 2.46. The zero-order chi connectivity index (χ0) is 16.0. The molecule has 0 bridgehead atoms. The summed E-state index contributed by atoms with van der Waals surface area (Å²) in [6, 6.07) is 4.37. The molecule has 0 aliphatic heterocycles. The van der Waals surface area contributed by atoms with E-state index in [0.29, 0.717) is 10.2 Å². The smallest absolute Gasteiger partial charge is 0.336 e. The zero-order valence-electron chi connectivity index (χ0n) is 12.5. The molecule has 0 saturated carbocycles. The summed E-state index contributed by atoms with van der Waals surface area (Å²) in [4.78, 5) is 23.2. The van der Waals surface area contributed by atoms with E-state index in [0.717, 1.165) is 19.3 Å². The Hall–Kier alpha value is -1.56. The lowest BCUT2D eigenvalue weighted by molar-refractivity contribution is 0.0696. The van der Waals surface area contributed by atoms with E-state index in [9.17, 15) is 9.59 Å². The van der Waals surface area contributed by atoms with E-state index in [1.807, 2.05) is 20.8 Å². The number of rotatable bonds is 6. The number of aromatic carboxylic acids is 1. The summed E-state index contributed by atoms with van der Waals surface area (Å²) in [7, 11) is 0. The van der Waals surface area contributed by atoms with Crippen LogP contribution in [0.1, 0.15) is 50.4 Å². The second-order valence-corrected chi connectivity index (χ2v) is 5.77. The number of carbonyl (C=O) groups excluding carboxylic acids is 1. The van der Waals surface area contributed by atoms with Crippen LogP contribution in [-0.2, 0) is 0 Å². The Balaban J connectivity index is 2.84. The number of anilines is 1. The van der Waals surface area contributed by atoms with Crippen molar-refractivity contribution in [3.63, 3.8) is 0 Å². The van der Waals surface area contributed by atoms with Gasteiger partial charge in [-0.2, -0.15) is 0 Å². The van der Waals surface area contributed by atoms with Gasteiger partial charge in [0.05, 0.1) is 5.56 Å². The van der Waals surface area contributed by atoms with Crippen molar-refractivity contribution < 1.29 is 14.7 Å². The minimum atomic E-state index is -1.05. The zero-order valence-corrected chi connectivity index (χ0v) is 14.1. The molecule has 1 rings (SSSR count). The maximum absolute atomic E-state index is 12.1. The number of carbonyl (C=O) groups is 2. The fourth-order valence-electron chi connectivity index (χ4n) is 2.19. The summed E-state index contributed by atoms with van der Waals surface area (Å²) in [5, 5.41) is 14.7. The van der Waals surface area contributed by atoms with Crippen LogP contribution in [0.15, 0.2) is 22.7 Å². The van der Waals surface area contributed by atoms with Gasteiger partial charge < -0.3 is 15.7 Å². The van der Waals surface area contributed by atoms with Crippen LogP contribution in [0.2, 0.25) is 0 Å². The van der Waals surface area contributed by atoms with Crippen LogP contribution < -0.4 is 10.6 Å². The highest BCUT2D eigenvalue weighted by Gasteiger charge is 2.25. The molecule has 0 aliphatic rings. The Morgan fingerprint density at radius 1 is 1.19 bits per heavy atom. The number of halogens is 1. The van der Waals surface area contributed by atoms with Gasteiger partial charge >= 0.3 is 12.0 Å². The predicted molar refractivity (Wildman–Crippen MR) is 86.9 cm³/mol. The van der Waals surface area contributed by atoms with Crippen LogP contribution in [0.5, 0.6) is 0 Å². The lowest BCUT2D eigenvalue weighted by Crippen LogP contribution is -2.48. The highest BCUT2D eigenvalue weighted by Crippen LogP contribution is 2.22. The first-order valence-corrected chi connectivity index (χ1v) is 7.78. The highest BCUT2D eigenvalue weighted by atomic mass is 79.9. The molecule has 0 aromatic heterocycles. The summed E-state index contributed by atoms with van der Waals surface area (Å²) in [5.74, 6) is -1.05. The van der Waals surface area contributed by atoms with Gasteiger partial charge in [0.2, 0.25) is 0 Å². The topological polar surface area (TPSA) is 78.4 Å². The van der Waals surface area contributed by atoms with Crippen LogP contribution in [0.3, 0.4) is 0 Å². The number of carboxylic acid groups (broad SMARTS) is 1. The lowest BCUT2D eigenvalue weighted by atomic mass is 9.90. The molecule has 3 N–H and O–H groups in total. The molecule has 2 amide bonds. The van der Waals surface area contributed by atoms with Gasteiger partial charge in [-0.05, 0) is 53.4 Å². The quantitative estimate of drug-likeness (QED) is 0.713. The Bertz CT molecular complexity index is 519. The van der Waals surface area contributed by atoms with E-state index in [1.54, 1.807) is 12.1 Å². The third kappa shape index (κ3) is 4.46. The number of nitrogens with one attached hydrogen (secondary N) is 2. The van der Waals surface area contributed by atoms with Crippen molar-refractivity contribution in [1.82, 2.24) is 5.32 Å². The van der Waals surface area contributed by atoms with Gasteiger partial charge in [-0.25, -0.2) is 9.59 Å². The van der Waals surface area contributed by atoms with Gasteiger partial charge in [-0.3, -0.25) is 0 Å². The summed E-state index contributed by atoms with van der Waals surface area (Å²) < 4.78 is 0.478. The summed E-state index contributed by atoms with van der Waals surface area (Å²) >= 11 is 3.17.